The van der Waals surface area contributed by atoms with Gasteiger partial charge >= 0.3 is 17.8 Å². The Morgan fingerprint density at radius 2 is 1.81 bits per heavy atom. The number of hydrogen-bond acceptors (Lipinski definition) is 10. The summed E-state index contributed by atoms with van der Waals surface area (Å²) in [7, 11) is 1.20. The summed E-state index contributed by atoms with van der Waals surface area (Å²) >= 11 is 0. The zero-order valence-corrected chi connectivity index (χ0v) is 20.1. The highest BCUT2D eigenvalue weighted by Crippen LogP contribution is 2.41. The third-order valence-corrected chi connectivity index (χ3v) is 5.96. The lowest BCUT2D eigenvalue weighted by molar-refractivity contribution is -0.384. The van der Waals surface area contributed by atoms with E-state index in [1.807, 2.05) is 0 Å². The number of nitro benzene ring substituents is 1. The average Bonchev–Trinajstić information content (AvgIpc) is 3.27. The van der Waals surface area contributed by atoms with Gasteiger partial charge in [-0.05, 0) is 19.4 Å². The number of non-ortho nitro benzene ring substituents is 1. The highest BCUT2D eigenvalue weighted by atomic mass is 16.6. The SMILES string of the molecule is COC(=O)C1C(C)=NC(C)=C(C(=O)OCc2oc(=O)oc2-c2ccccc2)C1c1cccc([N+](=O)[O-])c1. The largest absolute Gasteiger partial charge is 0.519 e. The van der Waals surface area contributed by atoms with Gasteiger partial charge in [0.15, 0.2) is 18.1 Å². The van der Waals surface area contributed by atoms with E-state index in [-0.39, 0.29) is 28.5 Å². The molecule has 0 saturated carbocycles. The van der Waals surface area contributed by atoms with Crippen LogP contribution in [0, 0.1) is 16.0 Å². The van der Waals surface area contributed by atoms with E-state index in [1.54, 1.807) is 50.2 Å². The molecule has 2 atom stereocenters. The summed E-state index contributed by atoms with van der Waals surface area (Å²) in [6, 6.07) is 14.3. The molecule has 2 heterocycles. The number of aliphatic imine (C=N–C) groups is 1. The Hall–Kier alpha value is -4.80. The predicted octanol–water partition coefficient (Wildman–Crippen LogP) is 4.17. The molecule has 0 spiro atoms. The Labute approximate surface area is 210 Å². The van der Waals surface area contributed by atoms with E-state index in [1.165, 1.54) is 25.3 Å². The molecular formula is C26H22N2O9. The highest BCUT2D eigenvalue weighted by Gasteiger charge is 2.42. The number of benzene rings is 2. The molecule has 3 aromatic rings. The lowest BCUT2D eigenvalue weighted by atomic mass is 9.75. The van der Waals surface area contributed by atoms with E-state index < -0.39 is 41.1 Å². The summed E-state index contributed by atoms with van der Waals surface area (Å²) in [5.74, 6) is -4.35. The highest BCUT2D eigenvalue weighted by molar-refractivity contribution is 6.07. The number of nitrogens with zero attached hydrogens (tertiary/aromatic N) is 2. The van der Waals surface area contributed by atoms with Crippen LogP contribution >= 0.6 is 0 Å². The number of methoxy groups -OCH3 is 1. The minimum absolute atomic E-state index is 0.00490. The van der Waals surface area contributed by atoms with Crippen LogP contribution in [-0.2, 0) is 25.7 Å². The van der Waals surface area contributed by atoms with E-state index in [9.17, 15) is 24.5 Å². The maximum Gasteiger partial charge on any atom is 0.519 e. The molecule has 1 aliphatic heterocycles. The number of esters is 2. The van der Waals surface area contributed by atoms with Gasteiger partial charge in [-0.15, -0.1) is 0 Å². The first kappa shape index (κ1) is 25.3. The van der Waals surface area contributed by atoms with Crippen LogP contribution in [-0.4, -0.2) is 29.7 Å². The summed E-state index contributed by atoms with van der Waals surface area (Å²) in [4.78, 5) is 53.2. The lowest BCUT2D eigenvalue weighted by Gasteiger charge is -2.31. The Balaban J connectivity index is 1.72. The topological polar surface area (TPSA) is 151 Å². The molecule has 4 rings (SSSR count). The maximum atomic E-state index is 13.4. The molecule has 11 nitrogen and oxygen atoms in total. The minimum atomic E-state index is -1.02. The van der Waals surface area contributed by atoms with Crippen LogP contribution in [0.3, 0.4) is 0 Å². The van der Waals surface area contributed by atoms with Gasteiger partial charge in [0.1, 0.15) is 5.92 Å². The van der Waals surface area contributed by atoms with Crippen LogP contribution in [0.25, 0.3) is 11.3 Å². The van der Waals surface area contributed by atoms with Crippen molar-refractivity contribution in [1.82, 2.24) is 0 Å². The van der Waals surface area contributed by atoms with Crippen molar-refractivity contribution in [3.05, 3.63) is 97.9 Å². The van der Waals surface area contributed by atoms with Crippen molar-refractivity contribution in [2.75, 3.05) is 7.11 Å². The molecule has 0 fully saturated rings. The summed E-state index contributed by atoms with van der Waals surface area (Å²) in [5.41, 5.74) is 1.35. The third-order valence-electron chi connectivity index (χ3n) is 5.96. The zero-order chi connectivity index (χ0) is 26.7. The van der Waals surface area contributed by atoms with Crippen molar-refractivity contribution in [3.8, 4) is 11.3 Å². The van der Waals surface area contributed by atoms with Crippen molar-refractivity contribution in [2.45, 2.75) is 26.4 Å². The quantitative estimate of drug-likeness (QED) is 0.261. The molecule has 0 saturated heterocycles. The Morgan fingerprint density at radius 3 is 2.49 bits per heavy atom. The van der Waals surface area contributed by atoms with Crippen molar-refractivity contribution in [3.63, 3.8) is 0 Å². The number of nitro groups is 1. The van der Waals surface area contributed by atoms with Gasteiger partial charge in [-0.3, -0.25) is 19.9 Å². The minimum Gasteiger partial charge on any atom is -0.468 e. The Morgan fingerprint density at radius 1 is 1.08 bits per heavy atom. The van der Waals surface area contributed by atoms with Gasteiger partial charge in [0.05, 0.1) is 17.6 Å². The fourth-order valence-corrected chi connectivity index (χ4v) is 4.35. The molecule has 0 N–H and O–H groups in total. The number of carbonyl (C=O) groups excluding carboxylic acids is 2. The maximum absolute atomic E-state index is 13.4. The van der Waals surface area contributed by atoms with Gasteiger partial charge in [-0.25, -0.2) is 9.59 Å². The van der Waals surface area contributed by atoms with Crippen LogP contribution in [0.5, 0.6) is 0 Å². The van der Waals surface area contributed by atoms with Crippen LogP contribution in [0.4, 0.5) is 5.69 Å². The monoisotopic (exact) mass is 506 g/mol. The average molecular weight is 506 g/mol. The number of allylic oxidation sites excluding steroid dienone is 1. The second kappa shape index (κ2) is 10.4. The van der Waals surface area contributed by atoms with Gasteiger partial charge in [0, 0.05) is 35.0 Å². The molecule has 2 unspecified atom stereocenters. The standard InChI is InChI=1S/C26H22N2O9/c1-14-20(24(29)34-3)22(17-10-7-11-18(12-17)28(32)33)21(15(2)27-14)25(30)35-13-19-23(37-26(31)36-19)16-8-5-4-6-9-16/h4-12,20,22H,13H2,1-3H3. The molecule has 190 valence electrons. The van der Waals surface area contributed by atoms with Crippen molar-refractivity contribution in [1.29, 1.82) is 0 Å². The number of carbonyl (C=O) groups is 2. The van der Waals surface area contributed by atoms with Gasteiger partial charge in [-0.2, -0.15) is 0 Å². The number of ether oxygens (including phenoxy) is 2. The Kier molecular flexibility index (Phi) is 7.14. The fourth-order valence-electron chi connectivity index (χ4n) is 4.35. The van der Waals surface area contributed by atoms with E-state index in [4.69, 9.17) is 18.3 Å². The van der Waals surface area contributed by atoms with E-state index in [0.717, 1.165) is 0 Å². The third kappa shape index (κ3) is 5.10. The molecule has 2 aromatic carbocycles. The summed E-state index contributed by atoms with van der Waals surface area (Å²) in [6.07, 6.45) is 0. The summed E-state index contributed by atoms with van der Waals surface area (Å²) in [6.45, 7) is 2.74. The smallest absolute Gasteiger partial charge is 0.468 e. The first-order chi connectivity index (χ1) is 17.7. The summed E-state index contributed by atoms with van der Waals surface area (Å²) < 4.78 is 20.7. The van der Waals surface area contributed by atoms with E-state index >= 15 is 0 Å². The van der Waals surface area contributed by atoms with Crippen LogP contribution in [0.1, 0.15) is 31.1 Å². The first-order valence-electron chi connectivity index (χ1n) is 11.1. The van der Waals surface area contributed by atoms with Crippen LogP contribution in [0.2, 0.25) is 0 Å². The zero-order valence-electron chi connectivity index (χ0n) is 20.1. The van der Waals surface area contributed by atoms with Gasteiger partial charge in [-0.1, -0.05) is 42.5 Å². The second-order valence-electron chi connectivity index (χ2n) is 8.23. The van der Waals surface area contributed by atoms with Crippen molar-refractivity contribution >= 4 is 23.3 Å². The van der Waals surface area contributed by atoms with Crippen molar-refractivity contribution in [2.24, 2.45) is 10.9 Å². The summed E-state index contributed by atoms with van der Waals surface area (Å²) in [5, 5.41) is 11.4. The van der Waals surface area contributed by atoms with E-state index in [2.05, 4.69) is 4.99 Å². The molecule has 0 bridgehead atoms. The second-order valence-corrected chi connectivity index (χ2v) is 8.23. The molecular weight excluding hydrogens is 484 g/mol. The first-order valence-corrected chi connectivity index (χ1v) is 11.1. The fraction of sp³-hybridized carbons (Fsp3) is 0.231. The molecule has 0 radical (unpaired) electrons. The number of hydrogen-bond donors (Lipinski definition) is 0. The van der Waals surface area contributed by atoms with Gasteiger partial charge in [0.25, 0.3) is 5.69 Å². The molecule has 0 amide bonds. The van der Waals surface area contributed by atoms with Crippen LogP contribution in [0.15, 0.2) is 84.5 Å². The molecule has 0 aliphatic carbocycles. The van der Waals surface area contributed by atoms with Crippen LogP contribution < -0.4 is 5.82 Å². The van der Waals surface area contributed by atoms with Gasteiger partial charge < -0.3 is 18.3 Å². The van der Waals surface area contributed by atoms with Gasteiger partial charge in [0.2, 0.25) is 0 Å². The van der Waals surface area contributed by atoms with E-state index in [0.29, 0.717) is 16.8 Å². The van der Waals surface area contributed by atoms with Crippen molar-refractivity contribution < 1.29 is 32.8 Å². The Bertz CT molecular complexity index is 1480. The normalized spacial score (nSPS) is 17.2. The predicted molar refractivity (Wildman–Crippen MR) is 130 cm³/mol. The molecule has 37 heavy (non-hydrogen) atoms. The lowest BCUT2D eigenvalue weighted by Crippen LogP contribution is -2.36. The number of rotatable bonds is 7. The molecule has 11 heteroatoms. The molecule has 1 aliphatic rings. The molecule has 1 aromatic heterocycles.